The highest BCUT2D eigenvalue weighted by atomic mass is 19.4. The van der Waals surface area contributed by atoms with Crippen LogP contribution in [0.4, 0.5) is 13.2 Å². The van der Waals surface area contributed by atoms with E-state index in [1.165, 1.54) is 0 Å². The van der Waals surface area contributed by atoms with Gasteiger partial charge in [-0.1, -0.05) is 12.1 Å². The van der Waals surface area contributed by atoms with E-state index in [4.69, 9.17) is 10.9 Å². The zero-order valence-corrected chi connectivity index (χ0v) is 10.5. The van der Waals surface area contributed by atoms with E-state index < -0.39 is 17.9 Å². The van der Waals surface area contributed by atoms with E-state index in [0.717, 1.165) is 19.3 Å². The second-order valence-corrected chi connectivity index (χ2v) is 4.96. The number of rotatable bonds is 3. The molecule has 0 aromatic heterocycles. The molecule has 18 heavy (non-hydrogen) atoms. The van der Waals surface area contributed by atoms with Crippen LogP contribution >= 0.6 is 0 Å². The Morgan fingerprint density at radius 2 is 2.11 bits per heavy atom. The van der Waals surface area contributed by atoms with Crippen molar-refractivity contribution in [2.45, 2.75) is 32.4 Å². The Hall–Kier alpha value is -0.980. The van der Waals surface area contributed by atoms with Crippen LogP contribution in [0.15, 0.2) is 5.16 Å². The summed E-state index contributed by atoms with van der Waals surface area (Å²) < 4.78 is 38.4. The Balaban J connectivity index is 2.66. The Kier molecular flexibility index (Phi) is 5.25. The highest BCUT2D eigenvalue weighted by Crippen LogP contribution is 2.28. The van der Waals surface area contributed by atoms with Gasteiger partial charge in [0.2, 0.25) is 0 Å². The second-order valence-electron chi connectivity index (χ2n) is 4.96. The molecule has 0 radical (unpaired) electrons. The largest absolute Gasteiger partial charge is 0.409 e. The van der Waals surface area contributed by atoms with E-state index in [1.54, 1.807) is 4.90 Å². The number of nitrogens with two attached hydrogens (primary N) is 1. The van der Waals surface area contributed by atoms with E-state index in [0.29, 0.717) is 19.0 Å². The number of likely N-dealkylation sites (tertiary alicyclic amines) is 1. The predicted octanol–water partition coefficient (Wildman–Crippen LogP) is 2.03. The smallest absolute Gasteiger partial charge is 0.400 e. The summed E-state index contributed by atoms with van der Waals surface area (Å²) in [7, 11) is 0. The van der Waals surface area contributed by atoms with Gasteiger partial charge in [-0.3, -0.25) is 0 Å². The standard InChI is InChI=1S/C11H20F3N3O/c1-8-3-2-5-17(6-4-8)7-9(10(15)16-18)11(12,13)14/h8-9,18H,2-7H2,1H3,(H2,15,16). The molecule has 2 unspecified atom stereocenters. The Bertz CT molecular complexity index is 294. The van der Waals surface area contributed by atoms with Crippen molar-refractivity contribution in [3.05, 3.63) is 0 Å². The fraction of sp³-hybridized carbons (Fsp3) is 0.909. The van der Waals surface area contributed by atoms with Crippen LogP contribution in [0.3, 0.4) is 0 Å². The number of amidine groups is 1. The van der Waals surface area contributed by atoms with Crippen molar-refractivity contribution in [2.75, 3.05) is 19.6 Å². The summed E-state index contributed by atoms with van der Waals surface area (Å²) in [6.07, 6.45) is -1.66. The monoisotopic (exact) mass is 267 g/mol. The molecule has 4 nitrogen and oxygen atoms in total. The van der Waals surface area contributed by atoms with Crippen molar-refractivity contribution >= 4 is 5.84 Å². The van der Waals surface area contributed by atoms with Crippen molar-refractivity contribution < 1.29 is 18.4 Å². The molecule has 0 aromatic carbocycles. The average molecular weight is 267 g/mol. The Morgan fingerprint density at radius 3 is 2.67 bits per heavy atom. The van der Waals surface area contributed by atoms with Crippen LogP contribution < -0.4 is 5.73 Å². The maximum atomic E-state index is 12.8. The van der Waals surface area contributed by atoms with E-state index in [1.807, 2.05) is 0 Å². The average Bonchev–Trinajstić information content (AvgIpc) is 2.48. The third-order valence-electron chi connectivity index (χ3n) is 3.42. The molecule has 1 aliphatic heterocycles. The first kappa shape index (κ1) is 15.1. The molecule has 0 saturated carbocycles. The van der Waals surface area contributed by atoms with Crippen LogP contribution in [-0.2, 0) is 0 Å². The molecule has 1 heterocycles. The SMILES string of the molecule is CC1CCCN(CC(C(N)=NO)C(F)(F)F)CC1. The highest BCUT2D eigenvalue weighted by Gasteiger charge is 2.43. The van der Waals surface area contributed by atoms with Crippen molar-refractivity contribution in [3.8, 4) is 0 Å². The molecule has 1 aliphatic rings. The lowest BCUT2D eigenvalue weighted by molar-refractivity contribution is -0.160. The first-order valence-corrected chi connectivity index (χ1v) is 6.11. The van der Waals surface area contributed by atoms with Crippen molar-refractivity contribution in [1.29, 1.82) is 0 Å². The van der Waals surface area contributed by atoms with E-state index in [-0.39, 0.29) is 6.54 Å². The number of alkyl halides is 3. The number of hydrogen-bond donors (Lipinski definition) is 2. The molecule has 2 atom stereocenters. The summed E-state index contributed by atoms with van der Waals surface area (Å²) in [5.41, 5.74) is 5.14. The predicted molar refractivity (Wildman–Crippen MR) is 62.4 cm³/mol. The van der Waals surface area contributed by atoms with Crippen molar-refractivity contribution in [2.24, 2.45) is 22.7 Å². The summed E-state index contributed by atoms with van der Waals surface area (Å²) in [5, 5.41) is 10.9. The summed E-state index contributed by atoms with van der Waals surface area (Å²) in [6.45, 7) is 3.14. The van der Waals surface area contributed by atoms with E-state index >= 15 is 0 Å². The second kappa shape index (κ2) is 6.26. The van der Waals surface area contributed by atoms with Crippen molar-refractivity contribution in [1.82, 2.24) is 4.90 Å². The van der Waals surface area contributed by atoms with Gasteiger partial charge in [0.1, 0.15) is 5.92 Å². The highest BCUT2D eigenvalue weighted by molar-refractivity contribution is 5.83. The fourth-order valence-electron chi connectivity index (χ4n) is 2.20. The Morgan fingerprint density at radius 1 is 1.44 bits per heavy atom. The van der Waals surface area contributed by atoms with Gasteiger partial charge >= 0.3 is 6.18 Å². The minimum Gasteiger partial charge on any atom is -0.409 e. The first-order chi connectivity index (χ1) is 8.34. The quantitative estimate of drug-likeness (QED) is 0.356. The first-order valence-electron chi connectivity index (χ1n) is 6.11. The van der Waals surface area contributed by atoms with Gasteiger partial charge in [0, 0.05) is 6.54 Å². The van der Waals surface area contributed by atoms with E-state index in [2.05, 4.69) is 12.1 Å². The lowest BCUT2D eigenvalue weighted by Crippen LogP contribution is -2.44. The summed E-state index contributed by atoms with van der Waals surface area (Å²) in [6, 6.07) is 0. The molecule has 0 spiro atoms. The number of oxime groups is 1. The molecular formula is C11H20F3N3O. The molecular weight excluding hydrogens is 247 g/mol. The van der Waals surface area contributed by atoms with Crippen molar-refractivity contribution in [3.63, 3.8) is 0 Å². The van der Waals surface area contributed by atoms with Gasteiger partial charge in [-0.25, -0.2) is 0 Å². The lowest BCUT2D eigenvalue weighted by atomic mass is 10.0. The summed E-state index contributed by atoms with van der Waals surface area (Å²) in [5.74, 6) is -2.11. The topological polar surface area (TPSA) is 61.8 Å². The van der Waals surface area contributed by atoms with Gasteiger partial charge in [-0.2, -0.15) is 13.2 Å². The van der Waals surface area contributed by atoms with Gasteiger partial charge < -0.3 is 15.8 Å². The molecule has 1 rings (SSSR count). The van der Waals surface area contributed by atoms with Gasteiger partial charge in [-0.05, 0) is 38.3 Å². The number of nitrogens with zero attached hydrogens (tertiary/aromatic N) is 2. The lowest BCUT2D eigenvalue weighted by Gasteiger charge is -2.27. The molecule has 106 valence electrons. The van der Waals surface area contributed by atoms with Crippen LogP contribution in [-0.4, -0.2) is 41.8 Å². The number of hydrogen-bond acceptors (Lipinski definition) is 3. The zero-order chi connectivity index (χ0) is 13.8. The maximum Gasteiger partial charge on any atom is 0.400 e. The molecule has 1 saturated heterocycles. The molecule has 0 bridgehead atoms. The molecule has 1 fully saturated rings. The van der Waals surface area contributed by atoms with Gasteiger partial charge in [-0.15, -0.1) is 0 Å². The maximum absolute atomic E-state index is 12.8. The van der Waals surface area contributed by atoms with Crippen LogP contribution in [0.1, 0.15) is 26.2 Å². The fourth-order valence-corrected chi connectivity index (χ4v) is 2.20. The minimum absolute atomic E-state index is 0.230. The zero-order valence-electron chi connectivity index (χ0n) is 10.5. The molecule has 0 aromatic rings. The normalized spacial score (nSPS) is 25.8. The molecule has 0 amide bonds. The van der Waals surface area contributed by atoms with Crippen LogP contribution in [0.2, 0.25) is 0 Å². The molecule has 0 aliphatic carbocycles. The summed E-state index contributed by atoms with van der Waals surface area (Å²) in [4.78, 5) is 1.75. The van der Waals surface area contributed by atoms with Gasteiger partial charge in [0.05, 0.1) is 0 Å². The van der Waals surface area contributed by atoms with Crippen LogP contribution in [0.25, 0.3) is 0 Å². The third kappa shape index (κ3) is 4.36. The third-order valence-corrected chi connectivity index (χ3v) is 3.42. The Labute approximate surface area is 105 Å². The molecule has 7 heteroatoms. The van der Waals surface area contributed by atoms with Gasteiger partial charge in [0.25, 0.3) is 0 Å². The van der Waals surface area contributed by atoms with Crippen LogP contribution in [0, 0.1) is 11.8 Å². The van der Waals surface area contributed by atoms with Gasteiger partial charge in [0.15, 0.2) is 5.84 Å². The molecule has 3 N–H and O–H groups in total. The van der Waals surface area contributed by atoms with Crippen LogP contribution in [0.5, 0.6) is 0 Å². The summed E-state index contributed by atoms with van der Waals surface area (Å²) >= 11 is 0. The van der Waals surface area contributed by atoms with E-state index in [9.17, 15) is 13.2 Å². The minimum atomic E-state index is -4.48. The number of halogens is 3.